The van der Waals surface area contributed by atoms with Gasteiger partial charge in [0.15, 0.2) is 23.0 Å². The van der Waals surface area contributed by atoms with Gasteiger partial charge in [-0.3, -0.25) is 0 Å². The number of thioether (sulfide) groups is 1. The summed E-state index contributed by atoms with van der Waals surface area (Å²) >= 11 is 1.68. The van der Waals surface area contributed by atoms with Gasteiger partial charge in [0.25, 0.3) is 0 Å². The van der Waals surface area contributed by atoms with Crippen molar-refractivity contribution in [1.82, 2.24) is 0 Å². The van der Waals surface area contributed by atoms with Crippen molar-refractivity contribution < 1.29 is 28.4 Å². The highest BCUT2D eigenvalue weighted by atomic mass is 32.2. The maximum absolute atomic E-state index is 6.10. The predicted molar refractivity (Wildman–Crippen MR) is 132 cm³/mol. The molecule has 33 heavy (non-hydrogen) atoms. The fourth-order valence-electron chi connectivity index (χ4n) is 4.79. The zero-order chi connectivity index (χ0) is 24.0. The molecule has 0 heterocycles. The molecule has 1 fully saturated rings. The molecule has 7 heteroatoms. The summed E-state index contributed by atoms with van der Waals surface area (Å²) < 4.78 is 34.5. The number of methoxy groups -OCH3 is 5. The summed E-state index contributed by atoms with van der Waals surface area (Å²) in [6.45, 7) is 2.77. The van der Waals surface area contributed by atoms with Crippen LogP contribution >= 0.6 is 11.8 Å². The topological polar surface area (TPSA) is 55.4 Å². The van der Waals surface area contributed by atoms with Gasteiger partial charge in [0.2, 0.25) is 5.75 Å². The van der Waals surface area contributed by atoms with Crippen LogP contribution < -0.4 is 23.7 Å². The van der Waals surface area contributed by atoms with Gasteiger partial charge in [-0.05, 0) is 60.9 Å². The van der Waals surface area contributed by atoms with Gasteiger partial charge in [-0.15, -0.1) is 11.8 Å². The number of hydrogen-bond donors (Lipinski definition) is 0. The molecule has 0 N–H and O–H groups in total. The Morgan fingerprint density at radius 2 is 1.27 bits per heavy atom. The first-order valence-corrected chi connectivity index (χ1v) is 12.5. The van der Waals surface area contributed by atoms with E-state index in [2.05, 4.69) is 25.3 Å². The van der Waals surface area contributed by atoms with Crippen molar-refractivity contribution in [3.8, 4) is 28.7 Å². The molecule has 0 saturated heterocycles. The van der Waals surface area contributed by atoms with E-state index in [1.807, 2.05) is 12.1 Å². The van der Waals surface area contributed by atoms with E-state index in [0.29, 0.717) is 23.9 Å². The zero-order valence-corrected chi connectivity index (χ0v) is 21.5. The van der Waals surface area contributed by atoms with Crippen LogP contribution in [0.4, 0.5) is 0 Å². The maximum atomic E-state index is 6.10. The fraction of sp³-hybridized carbons (Fsp3) is 0.538. The van der Waals surface area contributed by atoms with Gasteiger partial charge in [-0.2, -0.15) is 0 Å². The predicted octanol–water partition coefficient (Wildman–Crippen LogP) is 5.91. The monoisotopic (exact) mass is 476 g/mol. The van der Waals surface area contributed by atoms with Crippen LogP contribution in [-0.2, 0) is 4.74 Å². The molecule has 6 nitrogen and oxygen atoms in total. The molecule has 3 atom stereocenters. The maximum Gasteiger partial charge on any atom is 0.203 e. The first-order chi connectivity index (χ1) is 16.1. The number of rotatable bonds is 11. The molecule has 2 aromatic rings. The Morgan fingerprint density at radius 1 is 0.758 bits per heavy atom. The van der Waals surface area contributed by atoms with Gasteiger partial charge in [0, 0.05) is 18.9 Å². The van der Waals surface area contributed by atoms with E-state index in [4.69, 9.17) is 28.4 Å². The molecule has 2 aromatic carbocycles. The molecule has 0 radical (unpaired) electrons. The summed E-state index contributed by atoms with van der Waals surface area (Å²) in [5.74, 6) is 3.96. The summed E-state index contributed by atoms with van der Waals surface area (Å²) in [5.41, 5.74) is 2.33. The molecule has 3 rings (SSSR count). The molecule has 1 aliphatic carbocycles. The van der Waals surface area contributed by atoms with Crippen molar-refractivity contribution in [3.05, 3.63) is 35.4 Å². The molecule has 0 aliphatic heterocycles. The van der Waals surface area contributed by atoms with E-state index in [0.717, 1.165) is 41.2 Å². The first-order valence-electron chi connectivity index (χ1n) is 11.3. The highest BCUT2D eigenvalue weighted by Crippen LogP contribution is 2.50. The summed E-state index contributed by atoms with van der Waals surface area (Å²) in [6, 6.07) is 8.41. The van der Waals surface area contributed by atoms with E-state index < -0.39 is 0 Å². The van der Waals surface area contributed by atoms with Crippen LogP contribution in [0.2, 0.25) is 0 Å². The lowest BCUT2D eigenvalue weighted by Gasteiger charge is -2.26. The quantitative estimate of drug-likeness (QED) is 0.374. The van der Waals surface area contributed by atoms with Crippen molar-refractivity contribution in [3.63, 3.8) is 0 Å². The smallest absolute Gasteiger partial charge is 0.203 e. The van der Waals surface area contributed by atoms with Crippen LogP contribution in [0.1, 0.15) is 49.1 Å². The minimum atomic E-state index is 0.00892. The van der Waals surface area contributed by atoms with Crippen molar-refractivity contribution in [2.24, 2.45) is 0 Å². The van der Waals surface area contributed by atoms with Gasteiger partial charge >= 0.3 is 0 Å². The lowest BCUT2D eigenvalue weighted by molar-refractivity contribution is 0.0804. The second-order valence-electron chi connectivity index (χ2n) is 8.05. The van der Waals surface area contributed by atoms with Gasteiger partial charge in [-0.1, -0.05) is 6.92 Å². The minimum Gasteiger partial charge on any atom is -0.493 e. The van der Waals surface area contributed by atoms with Crippen LogP contribution in [0.25, 0.3) is 0 Å². The van der Waals surface area contributed by atoms with Crippen LogP contribution in [0.5, 0.6) is 28.7 Å². The second-order valence-corrected chi connectivity index (χ2v) is 8.90. The molecule has 0 aromatic heterocycles. The van der Waals surface area contributed by atoms with Gasteiger partial charge in [0.05, 0.1) is 46.0 Å². The van der Waals surface area contributed by atoms with Crippen LogP contribution in [0.3, 0.4) is 0 Å². The van der Waals surface area contributed by atoms with Crippen molar-refractivity contribution in [1.29, 1.82) is 0 Å². The summed E-state index contributed by atoms with van der Waals surface area (Å²) in [4.78, 5) is 1.09. The number of hydrogen-bond acceptors (Lipinski definition) is 7. The number of benzene rings is 2. The highest BCUT2D eigenvalue weighted by Gasteiger charge is 2.39. The van der Waals surface area contributed by atoms with Gasteiger partial charge in [0.1, 0.15) is 0 Å². The lowest BCUT2D eigenvalue weighted by atomic mass is 9.89. The summed E-state index contributed by atoms with van der Waals surface area (Å²) in [6.07, 6.45) is 5.02. The lowest BCUT2D eigenvalue weighted by Crippen LogP contribution is -2.21. The number of ether oxygens (including phenoxy) is 6. The van der Waals surface area contributed by atoms with Crippen LogP contribution in [0, 0.1) is 0 Å². The van der Waals surface area contributed by atoms with Crippen molar-refractivity contribution >= 4 is 11.8 Å². The molecule has 1 saturated carbocycles. The largest absolute Gasteiger partial charge is 0.493 e. The summed E-state index contributed by atoms with van der Waals surface area (Å²) in [7, 11) is 8.40. The van der Waals surface area contributed by atoms with Crippen LogP contribution in [0.15, 0.2) is 29.2 Å². The van der Waals surface area contributed by atoms with Crippen molar-refractivity contribution in [2.45, 2.75) is 49.0 Å². The summed E-state index contributed by atoms with van der Waals surface area (Å²) in [5, 5.41) is 0. The minimum absolute atomic E-state index is 0.00892. The standard InChI is InChI=1S/C26H36O6S/c1-8-11-32-26-22(29-4)14-17(15-23(26)33-7)19-10-9-18(24(19)30-5)16-12-20(27-2)25(31-6)21(13-16)28-3/h12-15,18-19,24H,8-11H2,1-7H3. The Balaban J connectivity index is 1.98. The molecule has 0 spiro atoms. The average Bonchev–Trinajstić information content (AvgIpc) is 3.30. The van der Waals surface area contributed by atoms with Crippen molar-refractivity contribution in [2.75, 3.05) is 48.4 Å². The zero-order valence-electron chi connectivity index (χ0n) is 20.7. The normalized spacial score (nSPS) is 19.9. The van der Waals surface area contributed by atoms with E-state index in [1.54, 1.807) is 47.3 Å². The fourth-order valence-corrected chi connectivity index (χ4v) is 5.38. The average molecular weight is 477 g/mol. The Hall–Kier alpha value is -2.25. The molecule has 0 bridgehead atoms. The third-order valence-corrected chi connectivity index (χ3v) is 7.07. The first kappa shape index (κ1) is 25.4. The van der Waals surface area contributed by atoms with Gasteiger partial charge in [-0.25, -0.2) is 0 Å². The Kier molecular flexibility index (Phi) is 9.03. The molecular formula is C26H36O6S. The SMILES string of the molecule is CCCOc1c(OC)cc(C2CCC(c3cc(OC)c(OC)c(OC)c3)C2OC)cc1SC. The molecule has 1 aliphatic rings. The van der Waals surface area contributed by atoms with Gasteiger partial charge < -0.3 is 28.4 Å². The highest BCUT2D eigenvalue weighted by molar-refractivity contribution is 7.98. The Morgan fingerprint density at radius 3 is 1.70 bits per heavy atom. The molecule has 0 amide bonds. The Labute approximate surface area is 201 Å². The van der Waals surface area contributed by atoms with E-state index in [-0.39, 0.29) is 17.9 Å². The van der Waals surface area contributed by atoms with Crippen LogP contribution in [-0.4, -0.2) is 54.5 Å². The molecule has 182 valence electrons. The third-order valence-electron chi connectivity index (χ3n) is 6.33. The van der Waals surface area contributed by atoms with E-state index in [1.165, 1.54) is 5.56 Å². The third kappa shape index (κ3) is 5.14. The second kappa shape index (κ2) is 11.7. The molecular weight excluding hydrogens is 440 g/mol. The molecule has 3 unspecified atom stereocenters. The van der Waals surface area contributed by atoms with E-state index >= 15 is 0 Å². The van der Waals surface area contributed by atoms with E-state index in [9.17, 15) is 0 Å². The Bertz CT molecular complexity index is 881.